The van der Waals surface area contributed by atoms with E-state index in [0.717, 1.165) is 10.9 Å². The van der Waals surface area contributed by atoms with Crippen molar-refractivity contribution in [3.8, 4) is 0 Å². The summed E-state index contributed by atoms with van der Waals surface area (Å²) in [4.78, 5) is 27.0. The maximum Gasteiger partial charge on any atom is 0.259 e. The summed E-state index contributed by atoms with van der Waals surface area (Å²) in [6, 6.07) is 13.7. The van der Waals surface area contributed by atoms with Gasteiger partial charge in [0.25, 0.3) is 5.56 Å². The lowest BCUT2D eigenvalue weighted by Gasteiger charge is -2.01. The first-order valence-electron chi connectivity index (χ1n) is 6.83. The molecule has 0 radical (unpaired) electrons. The third kappa shape index (κ3) is 3.52. The van der Waals surface area contributed by atoms with Crippen molar-refractivity contribution in [1.82, 2.24) is 4.98 Å². The molecule has 0 spiro atoms. The third-order valence-electron chi connectivity index (χ3n) is 3.37. The molecule has 3 rings (SSSR count). The molecule has 5 heteroatoms. The van der Waals surface area contributed by atoms with E-state index >= 15 is 0 Å². The average Bonchev–Trinajstić information content (AvgIpc) is 2.53. The number of benzene rings is 2. The molecular formula is C18H11Cl2NO2. The number of H-pyrrole nitrogens is 1. The number of fused-ring (bicyclic) bond motifs is 1. The van der Waals surface area contributed by atoms with E-state index in [0.29, 0.717) is 15.6 Å². The van der Waals surface area contributed by atoms with Crippen LogP contribution < -0.4 is 5.56 Å². The summed E-state index contributed by atoms with van der Waals surface area (Å²) in [7, 11) is 0. The summed E-state index contributed by atoms with van der Waals surface area (Å²) in [5.74, 6) is -0.363. The van der Waals surface area contributed by atoms with Crippen LogP contribution in [0.3, 0.4) is 0 Å². The van der Waals surface area contributed by atoms with Crippen LogP contribution >= 0.6 is 23.2 Å². The van der Waals surface area contributed by atoms with Crippen molar-refractivity contribution in [2.45, 2.75) is 0 Å². The molecule has 0 saturated carbocycles. The topological polar surface area (TPSA) is 49.9 Å². The van der Waals surface area contributed by atoms with Crippen LogP contribution in [0.1, 0.15) is 15.9 Å². The summed E-state index contributed by atoms with van der Waals surface area (Å²) in [5, 5.41) is 1.89. The Kier molecular flexibility index (Phi) is 4.33. The van der Waals surface area contributed by atoms with Crippen LogP contribution in [0.5, 0.6) is 0 Å². The largest absolute Gasteiger partial charge is 0.321 e. The Morgan fingerprint density at radius 2 is 1.65 bits per heavy atom. The zero-order valence-electron chi connectivity index (χ0n) is 11.8. The molecular weight excluding hydrogens is 333 g/mol. The number of ketones is 1. The predicted octanol–water partition coefficient (Wildman–Crippen LogP) is 4.73. The predicted molar refractivity (Wildman–Crippen MR) is 94.4 cm³/mol. The van der Waals surface area contributed by atoms with E-state index in [2.05, 4.69) is 4.98 Å². The van der Waals surface area contributed by atoms with Crippen LogP contribution in [0.15, 0.2) is 59.4 Å². The number of halogens is 2. The van der Waals surface area contributed by atoms with Gasteiger partial charge >= 0.3 is 0 Å². The number of allylic oxidation sites excluding steroid dienone is 1. The number of hydrogen-bond acceptors (Lipinski definition) is 2. The second kappa shape index (κ2) is 6.41. The molecule has 0 aliphatic heterocycles. The van der Waals surface area contributed by atoms with Gasteiger partial charge in [-0.3, -0.25) is 9.59 Å². The first-order valence-corrected chi connectivity index (χ1v) is 7.59. The lowest BCUT2D eigenvalue weighted by molar-refractivity contribution is 0.104. The van der Waals surface area contributed by atoms with Crippen molar-refractivity contribution >= 4 is 46.0 Å². The fraction of sp³-hybridized carbons (Fsp3) is 0. The molecule has 0 aliphatic carbocycles. The van der Waals surface area contributed by atoms with Gasteiger partial charge in [0.15, 0.2) is 5.78 Å². The Balaban J connectivity index is 1.94. The van der Waals surface area contributed by atoms with E-state index in [9.17, 15) is 9.59 Å². The maximum absolute atomic E-state index is 12.3. The second-order valence-electron chi connectivity index (χ2n) is 4.99. The molecule has 3 aromatic rings. The number of pyridine rings is 1. The number of aromatic nitrogens is 1. The minimum atomic E-state index is -0.439. The fourth-order valence-electron chi connectivity index (χ4n) is 2.19. The minimum Gasteiger partial charge on any atom is -0.321 e. The number of aromatic amines is 1. The minimum absolute atomic E-state index is 0.0880. The van der Waals surface area contributed by atoms with Gasteiger partial charge in [-0.2, -0.15) is 0 Å². The number of nitrogens with one attached hydrogen (secondary N) is 1. The van der Waals surface area contributed by atoms with E-state index < -0.39 is 5.56 Å². The molecule has 3 nitrogen and oxygen atoms in total. The van der Waals surface area contributed by atoms with Gasteiger partial charge in [-0.05, 0) is 47.4 Å². The summed E-state index contributed by atoms with van der Waals surface area (Å²) >= 11 is 11.7. The van der Waals surface area contributed by atoms with Gasteiger partial charge in [0.2, 0.25) is 0 Å². The molecule has 0 fully saturated rings. The van der Waals surface area contributed by atoms with Crippen molar-refractivity contribution in [3.05, 3.63) is 86.1 Å². The molecule has 1 aromatic heterocycles. The van der Waals surface area contributed by atoms with E-state index in [4.69, 9.17) is 23.2 Å². The highest BCUT2D eigenvalue weighted by molar-refractivity contribution is 6.31. The van der Waals surface area contributed by atoms with Gasteiger partial charge < -0.3 is 4.98 Å². The van der Waals surface area contributed by atoms with Gasteiger partial charge in [-0.1, -0.05) is 47.5 Å². The van der Waals surface area contributed by atoms with Gasteiger partial charge in [0, 0.05) is 15.6 Å². The lowest BCUT2D eigenvalue weighted by Crippen LogP contribution is -2.16. The molecule has 2 aromatic carbocycles. The summed E-state index contributed by atoms with van der Waals surface area (Å²) < 4.78 is 0. The molecule has 0 bridgehead atoms. The zero-order valence-corrected chi connectivity index (χ0v) is 13.4. The Morgan fingerprint density at radius 1 is 0.957 bits per heavy atom. The van der Waals surface area contributed by atoms with Crippen LogP contribution in [0.4, 0.5) is 0 Å². The molecule has 114 valence electrons. The molecule has 0 aliphatic rings. The van der Waals surface area contributed by atoms with Gasteiger partial charge in [-0.25, -0.2) is 0 Å². The number of hydrogen-bond donors (Lipinski definition) is 1. The average molecular weight is 344 g/mol. The Hall–Kier alpha value is -2.36. The Labute approximate surface area is 142 Å². The van der Waals surface area contributed by atoms with Crippen LogP contribution in [-0.2, 0) is 0 Å². The van der Waals surface area contributed by atoms with Crippen molar-refractivity contribution < 1.29 is 4.79 Å². The van der Waals surface area contributed by atoms with E-state index in [1.54, 1.807) is 54.6 Å². The molecule has 0 atom stereocenters. The van der Waals surface area contributed by atoms with Crippen LogP contribution in [-0.4, -0.2) is 10.8 Å². The molecule has 1 N–H and O–H groups in total. The fourth-order valence-corrected chi connectivity index (χ4v) is 2.49. The third-order valence-corrected chi connectivity index (χ3v) is 3.86. The quantitative estimate of drug-likeness (QED) is 0.552. The molecule has 0 saturated heterocycles. The summed E-state index contributed by atoms with van der Waals surface area (Å²) in [6.45, 7) is 0. The number of carbonyl (C=O) groups is 1. The van der Waals surface area contributed by atoms with Crippen molar-refractivity contribution in [2.24, 2.45) is 0 Å². The van der Waals surface area contributed by atoms with Crippen LogP contribution in [0, 0.1) is 0 Å². The van der Waals surface area contributed by atoms with Crippen molar-refractivity contribution in [3.63, 3.8) is 0 Å². The summed E-state index contributed by atoms with van der Waals surface area (Å²) in [5.41, 5.74) is 1.07. The number of carbonyl (C=O) groups excluding carboxylic acids is 1. The van der Waals surface area contributed by atoms with E-state index in [1.807, 2.05) is 0 Å². The van der Waals surface area contributed by atoms with Crippen molar-refractivity contribution in [2.75, 3.05) is 0 Å². The van der Waals surface area contributed by atoms with Gasteiger partial charge in [0.05, 0.1) is 5.56 Å². The highest BCUT2D eigenvalue weighted by Crippen LogP contribution is 2.17. The van der Waals surface area contributed by atoms with E-state index in [1.165, 1.54) is 6.08 Å². The normalized spacial score (nSPS) is 11.2. The maximum atomic E-state index is 12.3. The van der Waals surface area contributed by atoms with Crippen LogP contribution in [0.2, 0.25) is 10.0 Å². The summed E-state index contributed by atoms with van der Waals surface area (Å²) in [6.07, 6.45) is 3.01. The molecule has 0 amide bonds. The number of rotatable bonds is 3. The Morgan fingerprint density at radius 3 is 2.39 bits per heavy atom. The Bertz CT molecular complexity index is 972. The molecule has 0 unspecified atom stereocenters. The molecule has 23 heavy (non-hydrogen) atoms. The highest BCUT2D eigenvalue weighted by atomic mass is 35.5. The first kappa shape index (κ1) is 15.5. The smallest absolute Gasteiger partial charge is 0.259 e. The zero-order chi connectivity index (χ0) is 16.4. The standard InChI is InChI=1S/C18H11Cl2NO2/c19-13-5-1-11(2-6-13)3-8-17(22)15-9-12-4-7-14(20)10-16(12)21-18(15)23/h1-10H,(H,21,23)/b8-3+. The SMILES string of the molecule is O=C(/C=C/c1ccc(Cl)cc1)c1cc2ccc(Cl)cc2[nH]c1=O. The van der Waals surface area contributed by atoms with Gasteiger partial charge in [0.1, 0.15) is 0 Å². The van der Waals surface area contributed by atoms with Crippen LogP contribution in [0.25, 0.3) is 17.0 Å². The highest BCUT2D eigenvalue weighted by Gasteiger charge is 2.09. The monoisotopic (exact) mass is 343 g/mol. The first-order chi connectivity index (χ1) is 11.0. The van der Waals surface area contributed by atoms with Gasteiger partial charge in [-0.15, -0.1) is 0 Å². The van der Waals surface area contributed by atoms with Crippen molar-refractivity contribution in [1.29, 1.82) is 0 Å². The van der Waals surface area contributed by atoms with E-state index in [-0.39, 0.29) is 11.3 Å². The lowest BCUT2D eigenvalue weighted by atomic mass is 10.1. The molecule has 1 heterocycles. The second-order valence-corrected chi connectivity index (χ2v) is 5.87.